The molecule has 1 aromatic rings. The van der Waals surface area contributed by atoms with Crippen LogP contribution in [0, 0.1) is 0 Å². The van der Waals surface area contributed by atoms with E-state index in [1.165, 1.54) is 32.1 Å². The van der Waals surface area contributed by atoms with E-state index in [0.29, 0.717) is 11.4 Å². The third-order valence-corrected chi connectivity index (χ3v) is 4.90. The van der Waals surface area contributed by atoms with E-state index >= 15 is 0 Å². The molecule has 2 N–H and O–H groups in total. The number of benzene rings is 1. The molecule has 4 heteroatoms. The lowest BCUT2D eigenvalue weighted by molar-refractivity contribution is 0.622. The van der Waals surface area contributed by atoms with E-state index < -0.39 is 10.8 Å². The molecule has 1 atom stereocenters. The zero-order valence-electron chi connectivity index (χ0n) is 11.0. The number of nitrogens with two attached hydrogens (primary N) is 1. The van der Waals surface area contributed by atoms with E-state index in [9.17, 15) is 4.21 Å². The van der Waals surface area contributed by atoms with Gasteiger partial charge < -0.3 is 5.73 Å². The minimum atomic E-state index is -0.967. The van der Waals surface area contributed by atoms with Crippen molar-refractivity contribution in [2.45, 2.75) is 50.3 Å². The van der Waals surface area contributed by atoms with E-state index in [2.05, 4.69) is 22.9 Å². The lowest BCUT2D eigenvalue weighted by Crippen LogP contribution is -2.02. The third-order valence-electron chi connectivity index (χ3n) is 2.90. The number of nitrogen functional groups attached to an aromatic ring is 1. The van der Waals surface area contributed by atoms with Crippen LogP contribution in [0.3, 0.4) is 0 Å². The van der Waals surface area contributed by atoms with Crippen LogP contribution in [0.5, 0.6) is 0 Å². The molecule has 1 unspecified atom stereocenters. The van der Waals surface area contributed by atoms with Gasteiger partial charge in [0.25, 0.3) is 0 Å². The van der Waals surface area contributed by atoms with Gasteiger partial charge in [0, 0.05) is 15.9 Å². The van der Waals surface area contributed by atoms with Crippen molar-refractivity contribution >= 4 is 32.4 Å². The molecule has 1 rings (SSSR count). The highest BCUT2D eigenvalue weighted by Crippen LogP contribution is 2.22. The van der Waals surface area contributed by atoms with Crippen LogP contribution in [0.4, 0.5) is 5.69 Å². The molecular weight excluding hydrogens is 310 g/mol. The van der Waals surface area contributed by atoms with Crippen molar-refractivity contribution in [1.29, 1.82) is 0 Å². The summed E-state index contributed by atoms with van der Waals surface area (Å²) in [6.45, 7) is 2.21. The summed E-state index contributed by atoms with van der Waals surface area (Å²) >= 11 is 3.38. The standard InChI is InChI=1S/C14H22BrNOS/c1-2-3-4-5-6-7-10-18(17)14-11-12(15)8-9-13(14)16/h8-9,11H,2-7,10,16H2,1H3. The van der Waals surface area contributed by atoms with Crippen molar-refractivity contribution in [2.75, 3.05) is 11.5 Å². The Labute approximate surface area is 121 Å². The first-order chi connectivity index (χ1) is 8.65. The fraction of sp³-hybridized carbons (Fsp3) is 0.571. The Morgan fingerprint density at radius 2 is 1.83 bits per heavy atom. The van der Waals surface area contributed by atoms with Crippen molar-refractivity contribution in [3.8, 4) is 0 Å². The van der Waals surface area contributed by atoms with Gasteiger partial charge in [-0.15, -0.1) is 0 Å². The first-order valence-electron chi connectivity index (χ1n) is 6.58. The second-order valence-corrected chi connectivity index (χ2v) is 6.95. The Morgan fingerprint density at radius 3 is 2.56 bits per heavy atom. The van der Waals surface area contributed by atoms with E-state index in [1.807, 2.05) is 12.1 Å². The van der Waals surface area contributed by atoms with Gasteiger partial charge in [0.1, 0.15) is 0 Å². The fourth-order valence-corrected chi connectivity index (χ4v) is 3.62. The summed E-state index contributed by atoms with van der Waals surface area (Å²) in [5.74, 6) is 0.715. The molecule has 0 aromatic heterocycles. The fourth-order valence-electron chi connectivity index (χ4n) is 1.83. The Kier molecular flexibility index (Phi) is 7.59. The van der Waals surface area contributed by atoms with Crippen LogP contribution >= 0.6 is 15.9 Å². The number of anilines is 1. The van der Waals surface area contributed by atoms with Crippen LogP contribution in [-0.4, -0.2) is 9.96 Å². The zero-order valence-corrected chi connectivity index (χ0v) is 13.4. The highest BCUT2D eigenvalue weighted by molar-refractivity contribution is 9.10. The second kappa shape index (κ2) is 8.70. The third kappa shape index (κ3) is 5.53. The number of unbranched alkanes of at least 4 members (excludes halogenated alkanes) is 5. The zero-order chi connectivity index (χ0) is 13.4. The smallest absolute Gasteiger partial charge is 0.0628 e. The van der Waals surface area contributed by atoms with Crippen molar-refractivity contribution in [1.82, 2.24) is 0 Å². The average molecular weight is 332 g/mol. The van der Waals surface area contributed by atoms with E-state index in [0.717, 1.165) is 15.8 Å². The molecular formula is C14H22BrNOS. The molecule has 0 amide bonds. The topological polar surface area (TPSA) is 43.1 Å². The number of halogens is 1. The molecule has 0 saturated heterocycles. The predicted molar refractivity (Wildman–Crippen MR) is 83.2 cm³/mol. The van der Waals surface area contributed by atoms with Gasteiger partial charge in [0.15, 0.2) is 0 Å². The summed E-state index contributed by atoms with van der Waals surface area (Å²) in [4.78, 5) is 0.762. The molecule has 0 aliphatic heterocycles. The minimum Gasteiger partial charge on any atom is -0.398 e. The Morgan fingerprint density at radius 1 is 1.17 bits per heavy atom. The first kappa shape index (κ1) is 15.7. The Bertz CT molecular complexity index is 395. The van der Waals surface area contributed by atoms with Gasteiger partial charge in [-0.3, -0.25) is 4.21 Å². The molecule has 0 aliphatic rings. The van der Waals surface area contributed by atoms with Gasteiger partial charge in [-0.1, -0.05) is 55.0 Å². The molecule has 0 heterocycles. The highest BCUT2D eigenvalue weighted by atomic mass is 79.9. The molecule has 18 heavy (non-hydrogen) atoms. The van der Waals surface area contributed by atoms with Crippen molar-refractivity contribution in [2.24, 2.45) is 0 Å². The summed E-state index contributed by atoms with van der Waals surface area (Å²) in [5, 5.41) is 0. The summed E-state index contributed by atoms with van der Waals surface area (Å²) in [5.41, 5.74) is 6.47. The minimum absolute atomic E-state index is 0.627. The van der Waals surface area contributed by atoms with Crippen LogP contribution in [0.1, 0.15) is 45.4 Å². The van der Waals surface area contributed by atoms with Gasteiger partial charge in [-0.2, -0.15) is 0 Å². The molecule has 0 fully saturated rings. The van der Waals surface area contributed by atoms with E-state index in [-0.39, 0.29) is 0 Å². The van der Waals surface area contributed by atoms with Gasteiger partial charge in [0.05, 0.1) is 15.7 Å². The summed E-state index contributed by atoms with van der Waals surface area (Å²) in [7, 11) is -0.967. The van der Waals surface area contributed by atoms with Gasteiger partial charge in [-0.25, -0.2) is 0 Å². The molecule has 0 spiro atoms. The van der Waals surface area contributed by atoms with Crippen LogP contribution in [0.2, 0.25) is 0 Å². The van der Waals surface area contributed by atoms with Crippen molar-refractivity contribution in [3.05, 3.63) is 22.7 Å². The first-order valence-corrected chi connectivity index (χ1v) is 8.69. The van der Waals surface area contributed by atoms with Crippen molar-refractivity contribution < 1.29 is 4.21 Å². The summed E-state index contributed by atoms with van der Waals surface area (Å²) < 4.78 is 13.1. The second-order valence-electron chi connectivity index (χ2n) is 4.50. The van der Waals surface area contributed by atoms with Crippen LogP contribution in [0.15, 0.2) is 27.6 Å². The maximum Gasteiger partial charge on any atom is 0.0628 e. The number of hydrogen-bond acceptors (Lipinski definition) is 2. The SMILES string of the molecule is CCCCCCCCS(=O)c1cc(Br)ccc1N. The summed E-state index contributed by atoms with van der Waals surface area (Å²) in [6.07, 6.45) is 7.30. The Hall–Kier alpha value is -0.350. The molecule has 102 valence electrons. The normalized spacial score (nSPS) is 12.6. The molecule has 2 nitrogen and oxygen atoms in total. The lowest BCUT2D eigenvalue weighted by Gasteiger charge is -2.06. The molecule has 1 aromatic carbocycles. The van der Waals surface area contributed by atoms with Crippen LogP contribution in [-0.2, 0) is 10.8 Å². The van der Waals surface area contributed by atoms with Gasteiger partial charge >= 0.3 is 0 Å². The van der Waals surface area contributed by atoms with Crippen LogP contribution in [0.25, 0.3) is 0 Å². The lowest BCUT2D eigenvalue weighted by atomic mass is 10.1. The highest BCUT2D eigenvalue weighted by Gasteiger charge is 2.08. The molecule has 0 saturated carbocycles. The predicted octanol–water partition coefficient (Wildman–Crippen LogP) is 4.50. The average Bonchev–Trinajstić information content (AvgIpc) is 2.36. The largest absolute Gasteiger partial charge is 0.398 e. The van der Waals surface area contributed by atoms with E-state index in [4.69, 9.17) is 5.73 Å². The molecule has 0 radical (unpaired) electrons. The van der Waals surface area contributed by atoms with Gasteiger partial charge in [0.2, 0.25) is 0 Å². The van der Waals surface area contributed by atoms with Crippen molar-refractivity contribution in [3.63, 3.8) is 0 Å². The van der Waals surface area contributed by atoms with Crippen LogP contribution < -0.4 is 5.73 Å². The molecule has 0 aliphatic carbocycles. The van der Waals surface area contributed by atoms with Gasteiger partial charge in [-0.05, 0) is 24.6 Å². The number of hydrogen-bond donors (Lipinski definition) is 1. The monoisotopic (exact) mass is 331 g/mol. The maximum atomic E-state index is 12.1. The quantitative estimate of drug-likeness (QED) is 0.563. The Balaban J connectivity index is 2.34. The summed E-state index contributed by atoms with van der Waals surface area (Å²) in [6, 6.07) is 5.54. The number of rotatable bonds is 8. The molecule has 0 bridgehead atoms. The van der Waals surface area contributed by atoms with E-state index in [1.54, 1.807) is 6.07 Å². The maximum absolute atomic E-state index is 12.1.